The second-order valence-corrected chi connectivity index (χ2v) is 8.20. The summed E-state index contributed by atoms with van der Waals surface area (Å²) >= 11 is 0. The van der Waals surface area contributed by atoms with Crippen molar-refractivity contribution in [3.05, 3.63) is 84.9 Å². The van der Waals surface area contributed by atoms with Gasteiger partial charge in [0.25, 0.3) is 5.91 Å². The van der Waals surface area contributed by atoms with Crippen molar-refractivity contribution in [1.82, 2.24) is 4.98 Å². The zero-order chi connectivity index (χ0) is 23.9. The van der Waals surface area contributed by atoms with Crippen LogP contribution in [-0.4, -0.2) is 29.8 Å². The molecule has 7 heteroatoms. The van der Waals surface area contributed by atoms with Crippen LogP contribution in [0.15, 0.2) is 79.4 Å². The Balaban J connectivity index is 1.50. The van der Waals surface area contributed by atoms with Crippen molar-refractivity contribution in [2.24, 2.45) is 11.7 Å². The highest BCUT2D eigenvalue weighted by molar-refractivity contribution is 5.95. The van der Waals surface area contributed by atoms with Gasteiger partial charge in [0, 0.05) is 19.5 Å². The van der Waals surface area contributed by atoms with Crippen molar-refractivity contribution >= 4 is 17.5 Å². The molecule has 0 radical (unpaired) electrons. The van der Waals surface area contributed by atoms with Gasteiger partial charge in [-0.05, 0) is 73.4 Å². The molecule has 1 aromatic heterocycles. The SMILES string of the molecule is C=CC(=O)C[C@@H]1CCCN(c2ccc(C(N)=O)c(Oc3ccc(Oc4ccccc4)cc3)n2)C1. The molecule has 34 heavy (non-hydrogen) atoms. The maximum absolute atomic E-state index is 12.0. The maximum atomic E-state index is 12.0. The molecule has 1 aliphatic heterocycles. The summed E-state index contributed by atoms with van der Waals surface area (Å²) in [4.78, 5) is 30.5. The summed E-state index contributed by atoms with van der Waals surface area (Å²) in [5.74, 6) is 2.38. The summed E-state index contributed by atoms with van der Waals surface area (Å²) in [6, 6.07) is 19.9. The summed E-state index contributed by atoms with van der Waals surface area (Å²) in [6.07, 6.45) is 3.78. The van der Waals surface area contributed by atoms with E-state index in [-0.39, 0.29) is 23.1 Å². The molecule has 1 amide bonds. The number of hydrogen-bond acceptors (Lipinski definition) is 6. The summed E-state index contributed by atoms with van der Waals surface area (Å²) in [5, 5.41) is 0. The molecule has 0 spiro atoms. The van der Waals surface area contributed by atoms with E-state index in [9.17, 15) is 9.59 Å². The minimum atomic E-state index is -0.619. The van der Waals surface area contributed by atoms with Gasteiger partial charge < -0.3 is 20.1 Å². The van der Waals surface area contributed by atoms with Gasteiger partial charge in [0.2, 0.25) is 5.88 Å². The number of benzene rings is 2. The predicted octanol–water partition coefficient (Wildman–Crippen LogP) is 5.13. The fourth-order valence-corrected chi connectivity index (χ4v) is 3.99. The minimum absolute atomic E-state index is 0.0487. The third-order valence-corrected chi connectivity index (χ3v) is 5.69. The number of nitrogens with two attached hydrogens (primary N) is 1. The van der Waals surface area contributed by atoms with Crippen molar-refractivity contribution < 1.29 is 19.1 Å². The average molecular weight is 458 g/mol. The largest absolute Gasteiger partial charge is 0.457 e. The molecule has 0 unspecified atom stereocenters. The Morgan fingerprint density at radius 1 is 1.00 bits per heavy atom. The molecule has 2 aromatic carbocycles. The molecule has 1 fully saturated rings. The number of rotatable bonds is 9. The van der Waals surface area contributed by atoms with Crippen LogP contribution in [0.2, 0.25) is 0 Å². The molecular weight excluding hydrogens is 430 g/mol. The Morgan fingerprint density at radius 2 is 1.68 bits per heavy atom. The number of hydrogen-bond donors (Lipinski definition) is 1. The molecule has 0 aliphatic carbocycles. The first kappa shape index (κ1) is 23.0. The van der Waals surface area contributed by atoms with Crippen molar-refractivity contribution in [1.29, 1.82) is 0 Å². The molecule has 2 N–H and O–H groups in total. The number of allylic oxidation sites excluding steroid dienone is 1. The molecule has 2 heterocycles. The zero-order valence-electron chi connectivity index (χ0n) is 18.9. The van der Waals surface area contributed by atoms with Crippen LogP contribution in [0.4, 0.5) is 5.82 Å². The first-order valence-corrected chi connectivity index (χ1v) is 11.2. The van der Waals surface area contributed by atoms with Gasteiger partial charge in [0.15, 0.2) is 5.78 Å². The molecule has 3 aromatic rings. The molecule has 1 aliphatic rings. The van der Waals surface area contributed by atoms with Gasteiger partial charge >= 0.3 is 0 Å². The fraction of sp³-hybridized carbons (Fsp3) is 0.222. The van der Waals surface area contributed by atoms with E-state index in [1.54, 1.807) is 36.4 Å². The van der Waals surface area contributed by atoms with E-state index in [1.165, 1.54) is 6.08 Å². The lowest BCUT2D eigenvalue weighted by molar-refractivity contribution is -0.115. The molecule has 1 saturated heterocycles. The van der Waals surface area contributed by atoms with E-state index in [0.29, 0.717) is 30.3 Å². The van der Waals surface area contributed by atoms with E-state index in [2.05, 4.69) is 16.5 Å². The monoisotopic (exact) mass is 457 g/mol. The maximum Gasteiger partial charge on any atom is 0.254 e. The van der Waals surface area contributed by atoms with Gasteiger partial charge in [-0.1, -0.05) is 24.8 Å². The quantitative estimate of drug-likeness (QED) is 0.448. The Kier molecular flexibility index (Phi) is 7.22. The summed E-state index contributed by atoms with van der Waals surface area (Å²) in [6.45, 7) is 5.08. The van der Waals surface area contributed by atoms with Crippen molar-refractivity contribution in [2.75, 3.05) is 18.0 Å². The van der Waals surface area contributed by atoms with Crippen LogP contribution in [0.25, 0.3) is 0 Å². The number of piperidine rings is 1. The number of para-hydroxylation sites is 1. The molecule has 4 rings (SSSR count). The van der Waals surface area contributed by atoms with Gasteiger partial charge in [-0.3, -0.25) is 9.59 Å². The molecule has 174 valence electrons. The summed E-state index contributed by atoms with van der Waals surface area (Å²) < 4.78 is 11.8. The number of aromatic nitrogens is 1. The second kappa shape index (κ2) is 10.7. The Bertz CT molecular complexity index is 1160. The van der Waals surface area contributed by atoms with E-state index in [1.807, 2.05) is 30.3 Å². The number of ketones is 1. The number of anilines is 1. The Hall–Kier alpha value is -4.13. The number of primary amides is 1. The third-order valence-electron chi connectivity index (χ3n) is 5.69. The van der Waals surface area contributed by atoms with Gasteiger partial charge in [0.05, 0.1) is 0 Å². The highest BCUT2D eigenvalue weighted by atomic mass is 16.5. The number of pyridine rings is 1. The highest BCUT2D eigenvalue weighted by Gasteiger charge is 2.24. The minimum Gasteiger partial charge on any atom is -0.457 e. The van der Waals surface area contributed by atoms with Gasteiger partial charge in [-0.2, -0.15) is 4.98 Å². The molecule has 0 bridgehead atoms. The highest BCUT2D eigenvalue weighted by Crippen LogP contribution is 2.31. The lowest BCUT2D eigenvalue weighted by atomic mass is 9.93. The van der Waals surface area contributed by atoms with E-state index in [0.717, 1.165) is 25.1 Å². The van der Waals surface area contributed by atoms with Gasteiger partial charge in [-0.25, -0.2) is 0 Å². The van der Waals surface area contributed by atoms with Crippen LogP contribution in [0, 0.1) is 5.92 Å². The predicted molar refractivity (Wildman–Crippen MR) is 131 cm³/mol. The zero-order valence-corrected chi connectivity index (χ0v) is 18.9. The van der Waals surface area contributed by atoms with Crippen LogP contribution in [-0.2, 0) is 4.79 Å². The Labute approximate surface area is 198 Å². The molecule has 7 nitrogen and oxygen atoms in total. The smallest absolute Gasteiger partial charge is 0.254 e. The van der Waals surface area contributed by atoms with Gasteiger partial charge in [-0.15, -0.1) is 0 Å². The van der Waals surface area contributed by atoms with E-state index >= 15 is 0 Å². The van der Waals surface area contributed by atoms with Crippen LogP contribution in [0.3, 0.4) is 0 Å². The molecule has 0 saturated carbocycles. The number of nitrogens with zero attached hydrogens (tertiary/aromatic N) is 2. The number of amides is 1. The molecular formula is C27H27N3O4. The lowest BCUT2D eigenvalue weighted by Gasteiger charge is -2.33. The summed E-state index contributed by atoms with van der Waals surface area (Å²) in [5.41, 5.74) is 5.76. The van der Waals surface area contributed by atoms with Crippen LogP contribution >= 0.6 is 0 Å². The lowest BCUT2D eigenvalue weighted by Crippen LogP contribution is -2.36. The van der Waals surface area contributed by atoms with E-state index < -0.39 is 5.91 Å². The van der Waals surface area contributed by atoms with Crippen LogP contribution < -0.4 is 20.1 Å². The first-order chi connectivity index (χ1) is 16.5. The Morgan fingerprint density at radius 3 is 2.35 bits per heavy atom. The van der Waals surface area contributed by atoms with Gasteiger partial charge in [0.1, 0.15) is 28.6 Å². The van der Waals surface area contributed by atoms with Crippen LogP contribution in [0.1, 0.15) is 29.6 Å². The number of carbonyl (C=O) groups excluding carboxylic acids is 2. The average Bonchev–Trinajstić information content (AvgIpc) is 2.86. The van der Waals surface area contributed by atoms with Crippen LogP contribution in [0.5, 0.6) is 23.1 Å². The van der Waals surface area contributed by atoms with Crippen molar-refractivity contribution in [2.45, 2.75) is 19.3 Å². The van der Waals surface area contributed by atoms with Crippen molar-refractivity contribution in [3.8, 4) is 23.1 Å². The van der Waals surface area contributed by atoms with Crippen molar-refractivity contribution in [3.63, 3.8) is 0 Å². The first-order valence-electron chi connectivity index (χ1n) is 11.2. The normalized spacial score (nSPS) is 15.4. The second-order valence-electron chi connectivity index (χ2n) is 8.20. The molecule has 1 atom stereocenters. The third kappa shape index (κ3) is 5.81. The summed E-state index contributed by atoms with van der Waals surface area (Å²) in [7, 11) is 0. The topological polar surface area (TPSA) is 94.8 Å². The number of carbonyl (C=O) groups is 2. The fourth-order valence-electron chi connectivity index (χ4n) is 3.99. The standard InChI is InChI=1S/C27H27N3O4/c1-2-20(31)17-19-7-6-16-30(18-19)25-15-14-24(26(28)32)27(29-25)34-23-12-10-22(11-13-23)33-21-8-4-3-5-9-21/h2-5,8-15,19H,1,6-7,16-18H2,(H2,28,32)/t19-/m0/s1. The van der Waals surface area contributed by atoms with E-state index in [4.69, 9.17) is 15.2 Å². The number of ether oxygens (including phenoxy) is 2.